The van der Waals surface area contributed by atoms with Gasteiger partial charge in [0.2, 0.25) is 0 Å². The molecule has 1 atom stereocenters. The molecule has 0 aliphatic heterocycles. The molecule has 1 aromatic carbocycles. The molecule has 0 heterocycles. The Morgan fingerprint density at radius 3 is 2.47 bits per heavy atom. The topological polar surface area (TPSA) is 59.6 Å². The summed E-state index contributed by atoms with van der Waals surface area (Å²) in [6.45, 7) is 3.93. The highest BCUT2D eigenvalue weighted by Gasteiger charge is 2.13. The van der Waals surface area contributed by atoms with Crippen LogP contribution in [-0.4, -0.2) is 26.3 Å². The normalized spacial score (nSPS) is 11.6. The van der Waals surface area contributed by atoms with Crippen molar-refractivity contribution < 1.29 is 14.3 Å². The lowest BCUT2D eigenvalue weighted by Gasteiger charge is -2.15. The molecule has 19 heavy (non-hydrogen) atoms. The fourth-order valence-electron chi connectivity index (χ4n) is 1.44. The molecule has 0 fully saturated rings. The quantitative estimate of drug-likeness (QED) is 0.873. The summed E-state index contributed by atoms with van der Waals surface area (Å²) in [5.41, 5.74) is 0.504. The van der Waals surface area contributed by atoms with Crippen molar-refractivity contribution in [1.29, 1.82) is 0 Å². The van der Waals surface area contributed by atoms with E-state index in [1.807, 2.05) is 13.8 Å². The standard InChI is InChI=1S/C13H19ClN2O3/c1-5-8(2)15-13(17)16-10-7-11(18-3)9(14)6-12(10)19-4/h6-8H,5H2,1-4H3,(H2,15,16,17). The Balaban J connectivity index is 2.90. The number of rotatable bonds is 5. The first-order valence-electron chi connectivity index (χ1n) is 6.00. The Labute approximate surface area is 118 Å². The minimum atomic E-state index is -0.294. The van der Waals surface area contributed by atoms with Crippen LogP contribution in [0.15, 0.2) is 12.1 Å². The molecule has 2 N–H and O–H groups in total. The van der Waals surface area contributed by atoms with Gasteiger partial charge >= 0.3 is 6.03 Å². The van der Waals surface area contributed by atoms with E-state index in [2.05, 4.69) is 10.6 Å². The van der Waals surface area contributed by atoms with Crippen LogP contribution in [0.4, 0.5) is 10.5 Å². The van der Waals surface area contributed by atoms with Crippen molar-refractivity contribution in [3.05, 3.63) is 17.2 Å². The number of urea groups is 1. The van der Waals surface area contributed by atoms with E-state index in [1.165, 1.54) is 14.2 Å². The zero-order valence-corrected chi connectivity index (χ0v) is 12.3. The minimum Gasteiger partial charge on any atom is -0.495 e. The average molecular weight is 287 g/mol. The number of benzene rings is 1. The van der Waals surface area contributed by atoms with Crippen molar-refractivity contribution in [2.24, 2.45) is 0 Å². The number of nitrogens with one attached hydrogen (secondary N) is 2. The number of carbonyl (C=O) groups excluding carboxylic acids is 1. The summed E-state index contributed by atoms with van der Waals surface area (Å²) in [6, 6.07) is 3.02. The Morgan fingerprint density at radius 1 is 1.32 bits per heavy atom. The number of halogens is 1. The number of hydrogen-bond donors (Lipinski definition) is 2. The van der Waals surface area contributed by atoms with Gasteiger partial charge in [0.05, 0.1) is 24.9 Å². The van der Waals surface area contributed by atoms with Crippen molar-refractivity contribution in [3.63, 3.8) is 0 Å². The molecule has 106 valence electrons. The molecule has 5 nitrogen and oxygen atoms in total. The second-order valence-corrected chi connectivity index (χ2v) is 4.50. The average Bonchev–Trinajstić information content (AvgIpc) is 2.39. The Morgan fingerprint density at radius 2 is 1.95 bits per heavy atom. The Kier molecular flexibility index (Phi) is 5.76. The summed E-state index contributed by atoms with van der Waals surface area (Å²) in [6.07, 6.45) is 0.856. The predicted molar refractivity (Wildman–Crippen MR) is 76.5 cm³/mol. The Hall–Kier alpha value is -1.62. The van der Waals surface area contributed by atoms with Crippen molar-refractivity contribution in [3.8, 4) is 11.5 Å². The summed E-state index contributed by atoms with van der Waals surface area (Å²) in [7, 11) is 3.02. The lowest BCUT2D eigenvalue weighted by Crippen LogP contribution is -2.35. The number of hydrogen-bond acceptors (Lipinski definition) is 3. The molecule has 0 saturated heterocycles. The molecule has 0 aliphatic rings. The highest BCUT2D eigenvalue weighted by atomic mass is 35.5. The van der Waals surface area contributed by atoms with Gasteiger partial charge in [0.1, 0.15) is 11.5 Å². The van der Waals surface area contributed by atoms with E-state index in [0.29, 0.717) is 22.2 Å². The highest BCUT2D eigenvalue weighted by Crippen LogP contribution is 2.35. The number of carbonyl (C=O) groups is 1. The van der Waals surface area contributed by atoms with Gasteiger partial charge in [0.15, 0.2) is 0 Å². The van der Waals surface area contributed by atoms with Crippen molar-refractivity contribution in [2.45, 2.75) is 26.3 Å². The van der Waals surface area contributed by atoms with Gasteiger partial charge in [-0.05, 0) is 13.3 Å². The fraction of sp³-hybridized carbons (Fsp3) is 0.462. The van der Waals surface area contributed by atoms with Crippen LogP contribution in [0.1, 0.15) is 20.3 Å². The van der Waals surface area contributed by atoms with Crippen LogP contribution in [0.2, 0.25) is 5.02 Å². The first-order chi connectivity index (χ1) is 9.01. The van der Waals surface area contributed by atoms with Gasteiger partial charge in [-0.25, -0.2) is 4.79 Å². The minimum absolute atomic E-state index is 0.0974. The van der Waals surface area contributed by atoms with Gasteiger partial charge in [-0.2, -0.15) is 0 Å². The summed E-state index contributed by atoms with van der Waals surface area (Å²) in [4.78, 5) is 11.8. The van der Waals surface area contributed by atoms with E-state index < -0.39 is 0 Å². The van der Waals surface area contributed by atoms with Crippen molar-refractivity contribution >= 4 is 23.3 Å². The third kappa shape index (κ3) is 4.21. The summed E-state index contributed by atoms with van der Waals surface area (Å²) in [5.74, 6) is 0.950. The SMILES string of the molecule is CCC(C)NC(=O)Nc1cc(OC)c(Cl)cc1OC. The van der Waals surface area contributed by atoms with Crippen LogP contribution in [-0.2, 0) is 0 Å². The maximum Gasteiger partial charge on any atom is 0.319 e. The van der Waals surface area contributed by atoms with Crippen molar-refractivity contribution in [1.82, 2.24) is 5.32 Å². The molecule has 6 heteroatoms. The summed E-state index contributed by atoms with van der Waals surface area (Å²) < 4.78 is 10.3. The lowest BCUT2D eigenvalue weighted by atomic mass is 10.2. The number of amides is 2. The summed E-state index contributed by atoms with van der Waals surface area (Å²) in [5, 5.41) is 5.94. The largest absolute Gasteiger partial charge is 0.495 e. The van der Waals surface area contributed by atoms with E-state index in [4.69, 9.17) is 21.1 Å². The molecule has 0 spiro atoms. The van der Waals surface area contributed by atoms with E-state index in [9.17, 15) is 4.79 Å². The van der Waals surface area contributed by atoms with E-state index >= 15 is 0 Å². The first-order valence-corrected chi connectivity index (χ1v) is 6.38. The number of ether oxygens (including phenoxy) is 2. The fourth-order valence-corrected chi connectivity index (χ4v) is 1.67. The zero-order valence-electron chi connectivity index (χ0n) is 11.5. The monoisotopic (exact) mass is 286 g/mol. The highest BCUT2D eigenvalue weighted by molar-refractivity contribution is 6.32. The third-order valence-electron chi connectivity index (χ3n) is 2.71. The van der Waals surface area contributed by atoms with Crippen LogP contribution >= 0.6 is 11.6 Å². The second-order valence-electron chi connectivity index (χ2n) is 4.09. The molecular formula is C13H19ClN2O3. The molecule has 0 radical (unpaired) electrons. The van der Waals surface area contributed by atoms with E-state index in [1.54, 1.807) is 12.1 Å². The number of anilines is 1. The molecule has 1 aromatic rings. The van der Waals surface area contributed by atoms with Gasteiger partial charge in [-0.3, -0.25) is 0 Å². The van der Waals surface area contributed by atoms with E-state index in [-0.39, 0.29) is 12.1 Å². The molecule has 0 aliphatic carbocycles. The predicted octanol–water partition coefficient (Wildman–Crippen LogP) is 3.28. The molecule has 2 amide bonds. The van der Waals surface area contributed by atoms with Gasteiger partial charge in [-0.15, -0.1) is 0 Å². The van der Waals surface area contributed by atoms with Gasteiger partial charge in [0.25, 0.3) is 0 Å². The smallest absolute Gasteiger partial charge is 0.319 e. The van der Waals surface area contributed by atoms with Gasteiger partial charge in [0, 0.05) is 18.2 Å². The van der Waals surface area contributed by atoms with Crippen LogP contribution < -0.4 is 20.1 Å². The third-order valence-corrected chi connectivity index (χ3v) is 3.01. The molecule has 0 saturated carbocycles. The van der Waals surface area contributed by atoms with Crippen molar-refractivity contribution in [2.75, 3.05) is 19.5 Å². The zero-order chi connectivity index (χ0) is 14.4. The van der Waals surface area contributed by atoms with E-state index in [0.717, 1.165) is 6.42 Å². The summed E-state index contributed by atoms with van der Waals surface area (Å²) >= 11 is 5.99. The number of methoxy groups -OCH3 is 2. The maximum atomic E-state index is 11.8. The first kappa shape index (κ1) is 15.4. The van der Waals surface area contributed by atoms with Gasteiger partial charge in [-0.1, -0.05) is 18.5 Å². The van der Waals surface area contributed by atoms with Gasteiger partial charge < -0.3 is 20.1 Å². The second kappa shape index (κ2) is 7.09. The lowest BCUT2D eigenvalue weighted by molar-refractivity contribution is 0.249. The molecular weight excluding hydrogens is 268 g/mol. The van der Waals surface area contributed by atoms with Crippen LogP contribution in [0.3, 0.4) is 0 Å². The molecule has 1 unspecified atom stereocenters. The molecule has 1 rings (SSSR count). The van der Waals surface area contributed by atoms with Crippen LogP contribution in [0, 0.1) is 0 Å². The van der Waals surface area contributed by atoms with Crippen LogP contribution in [0.25, 0.3) is 0 Å². The molecule has 0 bridgehead atoms. The van der Waals surface area contributed by atoms with Crippen LogP contribution in [0.5, 0.6) is 11.5 Å². The maximum absolute atomic E-state index is 11.8. The molecule has 0 aromatic heterocycles. The Bertz CT molecular complexity index is 452.